The number of nitrogens with one attached hydrogen (secondary N) is 1. The van der Waals surface area contributed by atoms with Gasteiger partial charge in [0.1, 0.15) is 5.75 Å². The van der Waals surface area contributed by atoms with E-state index in [4.69, 9.17) is 4.74 Å². The number of phenolic OH excluding ortho intramolecular Hbond substituents is 1. The Balaban J connectivity index is 1.92. The van der Waals surface area contributed by atoms with Gasteiger partial charge in [-0.15, -0.1) is 0 Å². The van der Waals surface area contributed by atoms with Gasteiger partial charge in [0.15, 0.2) is 0 Å². The molecule has 0 aromatic heterocycles. The molecular weight excluding hydrogens is 190 g/mol. The fourth-order valence-electron chi connectivity index (χ4n) is 1.81. The fourth-order valence-corrected chi connectivity index (χ4v) is 1.81. The summed E-state index contributed by atoms with van der Waals surface area (Å²) in [7, 11) is 1.75. The van der Waals surface area contributed by atoms with E-state index in [1.807, 2.05) is 19.1 Å². The molecule has 0 unspecified atom stereocenters. The van der Waals surface area contributed by atoms with Crippen LogP contribution < -0.4 is 5.32 Å². The topological polar surface area (TPSA) is 41.5 Å². The van der Waals surface area contributed by atoms with Crippen molar-refractivity contribution in [3.05, 3.63) is 23.8 Å². The predicted octanol–water partition coefficient (Wildman–Crippen LogP) is 2.29. The van der Waals surface area contributed by atoms with Crippen LogP contribution >= 0.6 is 0 Å². The van der Waals surface area contributed by atoms with Gasteiger partial charge in [0, 0.05) is 24.9 Å². The maximum Gasteiger partial charge on any atom is 0.120 e. The SMILES string of the molecule is COC1CC(Nc2ccc(C)c(O)c2)C1. The molecule has 0 amide bonds. The van der Waals surface area contributed by atoms with Crippen LogP contribution in [0.3, 0.4) is 0 Å². The van der Waals surface area contributed by atoms with Gasteiger partial charge in [0.2, 0.25) is 0 Å². The van der Waals surface area contributed by atoms with Gasteiger partial charge in [-0.1, -0.05) is 6.07 Å². The number of hydrogen-bond acceptors (Lipinski definition) is 3. The third-order valence-electron chi connectivity index (χ3n) is 3.01. The van der Waals surface area contributed by atoms with Crippen molar-refractivity contribution in [2.75, 3.05) is 12.4 Å². The molecule has 1 aromatic carbocycles. The van der Waals surface area contributed by atoms with Crippen molar-refractivity contribution in [3.63, 3.8) is 0 Å². The Hall–Kier alpha value is -1.22. The van der Waals surface area contributed by atoms with Gasteiger partial charge >= 0.3 is 0 Å². The molecule has 0 saturated heterocycles. The first kappa shape index (κ1) is 10.3. The Labute approximate surface area is 90.1 Å². The summed E-state index contributed by atoms with van der Waals surface area (Å²) < 4.78 is 5.21. The second-order valence-electron chi connectivity index (χ2n) is 4.17. The highest BCUT2D eigenvalue weighted by atomic mass is 16.5. The third kappa shape index (κ3) is 2.23. The number of benzene rings is 1. The van der Waals surface area contributed by atoms with E-state index in [0.29, 0.717) is 17.9 Å². The molecule has 3 nitrogen and oxygen atoms in total. The molecule has 1 saturated carbocycles. The maximum atomic E-state index is 9.54. The van der Waals surface area contributed by atoms with Crippen LogP contribution in [0.15, 0.2) is 18.2 Å². The summed E-state index contributed by atoms with van der Waals surface area (Å²) in [6, 6.07) is 6.17. The number of phenols is 1. The number of ether oxygens (including phenoxy) is 1. The first-order chi connectivity index (χ1) is 7.19. The lowest BCUT2D eigenvalue weighted by Gasteiger charge is -2.35. The molecule has 3 heteroatoms. The Kier molecular flexibility index (Phi) is 2.82. The van der Waals surface area contributed by atoms with Crippen molar-refractivity contribution in [1.82, 2.24) is 0 Å². The molecule has 0 radical (unpaired) electrons. The van der Waals surface area contributed by atoms with E-state index in [1.54, 1.807) is 13.2 Å². The largest absolute Gasteiger partial charge is 0.508 e. The summed E-state index contributed by atoms with van der Waals surface area (Å²) in [6.07, 6.45) is 2.50. The number of rotatable bonds is 3. The highest BCUT2D eigenvalue weighted by Gasteiger charge is 2.28. The van der Waals surface area contributed by atoms with Crippen molar-refractivity contribution >= 4 is 5.69 Å². The van der Waals surface area contributed by atoms with Crippen molar-refractivity contribution < 1.29 is 9.84 Å². The van der Waals surface area contributed by atoms with Crippen LogP contribution in [0.2, 0.25) is 0 Å². The summed E-state index contributed by atoms with van der Waals surface area (Å²) >= 11 is 0. The molecule has 0 aliphatic heterocycles. The number of aromatic hydroxyl groups is 1. The molecule has 1 fully saturated rings. The van der Waals surface area contributed by atoms with E-state index in [0.717, 1.165) is 24.1 Å². The lowest BCUT2D eigenvalue weighted by atomic mass is 9.89. The van der Waals surface area contributed by atoms with Gasteiger partial charge in [-0.3, -0.25) is 0 Å². The summed E-state index contributed by atoms with van der Waals surface area (Å²) in [6.45, 7) is 1.89. The minimum Gasteiger partial charge on any atom is -0.508 e. The first-order valence-corrected chi connectivity index (χ1v) is 5.28. The molecule has 82 valence electrons. The maximum absolute atomic E-state index is 9.54. The van der Waals surface area contributed by atoms with Crippen LogP contribution in [-0.2, 0) is 4.74 Å². The molecule has 0 spiro atoms. The average Bonchev–Trinajstić information content (AvgIpc) is 2.16. The van der Waals surface area contributed by atoms with E-state index in [2.05, 4.69) is 5.32 Å². The molecule has 2 rings (SSSR count). The average molecular weight is 207 g/mol. The smallest absolute Gasteiger partial charge is 0.120 e. The van der Waals surface area contributed by atoms with Crippen LogP contribution in [0.5, 0.6) is 5.75 Å². The van der Waals surface area contributed by atoms with Gasteiger partial charge in [-0.25, -0.2) is 0 Å². The quantitative estimate of drug-likeness (QED) is 0.799. The Morgan fingerprint density at radius 2 is 2.13 bits per heavy atom. The van der Waals surface area contributed by atoms with Crippen molar-refractivity contribution in [2.24, 2.45) is 0 Å². The second-order valence-corrected chi connectivity index (χ2v) is 4.17. The van der Waals surface area contributed by atoms with Crippen LogP contribution in [0.25, 0.3) is 0 Å². The van der Waals surface area contributed by atoms with Crippen LogP contribution in [-0.4, -0.2) is 24.4 Å². The minimum atomic E-state index is 0.350. The molecule has 15 heavy (non-hydrogen) atoms. The Bertz CT molecular complexity index is 345. The second kappa shape index (κ2) is 4.11. The molecular formula is C12H17NO2. The molecule has 0 bridgehead atoms. The minimum absolute atomic E-state index is 0.350. The molecule has 0 heterocycles. The number of anilines is 1. The van der Waals surface area contributed by atoms with E-state index in [9.17, 15) is 5.11 Å². The fraction of sp³-hybridized carbons (Fsp3) is 0.500. The van der Waals surface area contributed by atoms with Crippen molar-refractivity contribution in [1.29, 1.82) is 0 Å². The van der Waals surface area contributed by atoms with Crippen molar-refractivity contribution in [3.8, 4) is 5.75 Å². The molecule has 0 atom stereocenters. The Morgan fingerprint density at radius 1 is 1.40 bits per heavy atom. The van der Waals surface area contributed by atoms with Gasteiger partial charge < -0.3 is 15.2 Å². The van der Waals surface area contributed by atoms with Gasteiger partial charge in [0.25, 0.3) is 0 Å². The van der Waals surface area contributed by atoms with E-state index in [-0.39, 0.29) is 0 Å². The molecule has 1 aliphatic rings. The third-order valence-corrected chi connectivity index (χ3v) is 3.01. The van der Waals surface area contributed by atoms with E-state index in [1.165, 1.54) is 0 Å². The molecule has 2 N–H and O–H groups in total. The number of aryl methyl sites for hydroxylation is 1. The normalized spacial score (nSPS) is 24.7. The van der Waals surface area contributed by atoms with Crippen molar-refractivity contribution in [2.45, 2.75) is 31.9 Å². The summed E-state index contributed by atoms with van der Waals surface area (Å²) in [5, 5.41) is 12.9. The highest BCUT2D eigenvalue weighted by molar-refractivity contribution is 5.51. The molecule has 1 aliphatic carbocycles. The van der Waals surface area contributed by atoms with Gasteiger partial charge in [0.05, 0.1) is 6.10 Å². The predicted molar refractivity (Wildman–Crippen MR) is 60.3 cm³/mol. The summed E-state index contributed by atoms with van der Waals surface area (Å²) in [4.78, 5) is 0. The van der Waals surface area contributed by atoms with Gasteiger partial charge in [-0.05, 0) is 31.4 Å². The van der Waals surface area contributed by atoms with Crippen LogP contribution in [0.1, 0.15) is 18.4 Å². The zero-order valence-corrected chi connectivity index (χ0v) is 9.16. The standard InChI is InChI=1S/C12H17NO2/c1-8-3-4-9(7-12(8)14)13-10-5-11(6-10)15-2/h3-4,7,10-11,13-14H,5-6H2,1-2H3. The number of methoxy groups -OCH3 is 1. The van der Waals surface area contributed by atoms with Gasteiger partial charge in [-0.2, -0.15) is 0 Å². The highest BCUT2D eigenvalue weighted by Crippen LogP contribution is 2.28. The number of hydrogen-bond donors (Lipinski definition) is 2. The van der Waals surface area contributed by atoms with E-state index < -0.39 is 0 Å². The molecule has 1 aromatic rings. The summed E-state index contributed by atoms with van der Waals surface area (Å²) in [5.41, 5.74) is 1.89. The lowest BCUT2D eigenvalue weighted by molar-refractivity contribution is 0.0329. The van der Waals surface area contributed by atoms with E-state index >= 15 is 0 Å². The zero-order chi connectivity index (χ0) is 10.8. The monoisotopic (exact) mass is 207 g/mol. The Morgan fingerprint density at radius 3 is 2.73 bits per heavy atom. The lowest BCUT2D eigenvalue weighted by Crippen LogP contribution is -2.40. The zero-order valence-electron chi connectivity index (χ0n) is 9.16. The first-order valence-electron chi connectivity index (χ1n) is 5.28. The van der Waals surface area contributed by atoms with Crippen LogP contribution in [0, 0.1) is 6.92 Å². The summed E-state index contributed by atoms with van der Waals surface area (Å²) in [5.74, 6) is 0.350. The van der Waals surface area contributed by atoms with Crippen LogP contribution in [0.4, 0.5) is 5.69 Å².